The highest BCUT2D eigenvalue weighted by atomic mass is 35.5. The number of methoxy groups -OCH3 is 1. The van der Waals surface area contributed by atoms with Crippen molar-refractivity contribution in [3.63, 3.8) is 0 Å². The summed E-state index contributed by atoms with van der Waals surface area (Å²) in [6.07, 6.45) is 0.122. The number of hydrogen-bond acceptors (Lipinski definition) is 4. The number of rotatable bonds is 4. The molecule has 0 spiro atoms. The Morgan fingerprint density at radius 1 is 1.48 bits per heavy atom. The van der Waals surface area contributed by atoms with E-state index in [1.807, 2.05) is 0 Å². The van der Waals surface area contributed by atoms with Gasteiger partial charge >= 0.3 is 5.97 Å². The van der Waals surface area contributed by atoms with Crippen molar-refractivity contribution in [3.8, 4) is 5.75 Å². The number of benzene rings is 1. The number of carboxylic acids is 1. The van der Waals surface area contributed by atoms with Gasteiger partial charge in [-0.05, 0) is 30.2 Å². The number of hydrogen-bond donors (Lipinski definition) is 1. The molecule has 2 aliphatic rings. The van der Waals surface area contributed by atoms with Gasteiger partial charge in [0.25, 0.3) is 5.91 Å². The van der Waals surface area contributed by atoms with E-state index >= 15 is 0 Å². The van der Waals surface area contributed by atoms with Gasteiger partial charge in [-0.3, -0.25) is 9.59 Å². The van der Waals surface area contributed by atoms with Gasteiger partial charge in [-0.2, -0.15) is 0 Å². The van der Waals surface area contributed by atoms with Crippen LogP contribution in [0.15, 0.2) is 18.2 Å². The van der Waals surface area contributed by atoms with E-state index in [-0.39, 0.29) is 24.5 Å². The molecule has 0 saturated carbocycles. The number of fused-ring (bicyclic) bond motifs is 1. The van der Waals surface area contributed by atoms with E-state index in [4.69, 9.17) is 26.2 Å². The second-order valence-corrected chi connectivity index (χ2v) is 6.33. The molecule has 124 valence electrons. The fourth-order valence-corrected chi connectivity index (χ4v) is 3.44. The lowest BCUT2D eigenvalue weighted by atomic mass is 10.1. The van der Waals surface area contributed by atoms with Gasteiger partial charge in [0.1, 0.15) is 5.75 Å². The van der Waals surface area contributed by atoms with Gasteiger partial charge < -0.3 is 19.5 Å². The maximum atomic E-state index is 12.8. The standard InChI is InChI=1S/C16H18ClNO5/c1-22-12-6-11(7-15(19)20)18(8-12)16(21)14-5-9-4-10(17)2-3-13(9)23-14/h2-4,11-12,14H,5-8H2,1H3,(H,19,20). The average molecular weight is 340 g/mol. The van der Waals surface area contributed by atoms with E-state index in [1.54, 1.807) is 30.2 Å². The minimum Gasteiger partial charge on any atom is -0.481 e. The molecule has 3 unspecified atom stereocenters. The highest BCUT2D eigenvalue weighted by Gasteiger charge is 2.41. The monoisotopic (exact) mass is 339 g/mol. The second kappa shape index (κ2) is 6.37. The third kappa shape index (κ3) is 3.28. The number of halogens is 1. The van der Waals surface area contributed by atoms with Gasteiger partial charge in [0.2, 0.25) is 0 Å². The molecule has 1 amide bonds. The normalized spacial score (nSPS) is 26.0. The molecule has 6 nitrogen and oxygen atoms in total. The predicted molar refractivity (Wildman–Crippen MR) is 82.7 cm³/mol. The van der Waals surface area contributed by atoms with Gasteiger partial charge in [0.05, 0.1) is 12.5 Å². The molecule has 3 atom stereocenters. The first kappa shape index (κ1) is 16.1. The topological polar surface area (TPSA) is 76.1 Å². The number of aliphatic carboxylic acids is 1. The molecule has 3 rings (SSSR count). The van der Waals surface area contributed by atoms with Crippen molar-refractivity contribution in [3.05, 3.63) is 28.8 Å². The SMILES string of the molecule is COC1CC(CC(=O)O)N(C(=O)C2Cc3cc(Cl)ccc3O2)C1. The van der Waals surface area contributed by atoms with Crippen molar-refractivity contribution in [2.24, 2.45) is 0 Å². The number of amides is 1. The van der Waals surface area contributed by atoms with Crippen LogP contribution in [0.4, 0.5) is 0 Å². The van der Waals surface area contributed by atoms with E-state index in [0.29, 0.717) is 30.2 Å². The minimum atomic E-state index is -0.924. The summed E-state index contributed by atoms with van der Waals surface area (Å²) in [5, 5.41) is 9.65. The van der Waals surface area contributed by atoms with Gasteiger partial charge in [0, 0.05) is 31.1 Å². The van der Waals surface area contributed by atoms with Crippen LogP contribution in [0, 0.1) is 0 Å². The van der Waals surface area contributed by atoms with E-state index in [0.717, 1.165) is 5.56 Å². The van der Waals surface area contributed by atoms with Crippen molar-refractivity contribution in [1.82, 2.24) is 4.90 Å². The molecule has 0 radical (unpaired) electrons. The van der Waals surface area contributed by atoms with Crippen molar-refractivity contribution in [1.29, 1.82) is 0 Å². The van der Waals surface area contributed by atoms with E-state index < -0.39 is 12.1 Å². The van der Waals surface area contributed by atoms with Gasteiger partial charge in [-0.1, -0.05) is 11.6 Å². The number of nitrogens with zero attached hydrogens (tertiary/aromatic N) is 1. The maximum Gasteiger partial charge on any atom is 0.305 e. The fraction of sp³-hybridized carbons (Fsp3) is 0.500. The summed E-state index contributed by atoms with van der Waals surface area (Å²) in [4.78, 5) is 25.4. The molecule has 2 aliphatic heterocycles. The van der Waals surface area contributed by atoms with Crippen LogP contribution in [0.25, 0.3) is 0 Å². The summed E-state index contributed by atoms with van der Waals surface area (Å²) in [6.45, 7) is 0.393. The van der Waals surface area contributed by atoms with Crippen molar-refractivity contribution in [2.75, 3.05) is 13.7 Å². The van der Waals surface area contributed by atoms with Crippen LogP contribution >= 0.6 is 11.6 Å². The third-order valence-electron chi connectivity index (χ3n) is 4.38. The molecular formula is C16H18ClNO5. The van der Waals surface area contributed by atoms with Crippen LogP contribution < -0.4 is 4.74 Å². The van der Waals surface area contributed by atoms with E-state index in [9.17, 15) is 9.59 Å². The molecule has 2 heterocycles. The number of carbonyl (C=O) groups excluding carboxylic acids is 1. The Bertz CT molecular complexity index is 635. The van der Waals surface area contributed by atoms with Crippen LogP contribution in [-0.2, 0) is 20.7 Å². The number of carbonyl (C=O) groups is 2. The summed E-state index contributed by atoms with van der Waals surface area (Å²) in [5.74, 6) is -0.458. The van der Waals surface area contributed by atoms with Crippen LogP contribution in [0.2, 0.25) is 5.02 Å². The summed E-state index contributed by atoms with van der Waals surface area (Å²) in [6, 6.07) is 4.90. The van der Waals surface area contributed by atoms with E-state index in [1.165, 1.54) is 0 Å². The lowest BCUT2D eigenvalue weighted by Gasteiger charge is -2.25. The summed E-state index contributed by atoms with van der Waals surface area (Å²) in [5.41, 5.74) is 0.896. The fourth-order valence-electron chi connectivity index (χ4n) is 3.25. The first-order chi connectivity index (χ1) is 11.0. The zero-order chi connectivity index (χ0) is 16.6. The molecule has 1 aromatic carbocycles. The molecule has 0 aliphatic carbocycles. The first-order valence-corrected chi connectivity index (χ1v) is 7.86. The Kier molecular flexibility index (Phi) is 4.46. The minimum absolute atomic E-state index is 0.0862. The van der Waals surface area contributed by atoms with Crippen molar-refractivity contribution in [2.45, 2.75) is 37.5 Å². The van der Waals surface area contributed by atoms with Crippen LogP contribution in [0.3, 0.4) is 0 Å². The lowest BCUT2D eigenvalue weighted by molar-refractivity contribution is -0.142. The summed E-state index contributed by atoms with van der Waals surface area (Å²) < 4.78 is 11.0. The van der Waals surface area contributed by atoms with Crippen LogP contribution in [0.5, 0.6) is 5.75 Å². The highest BCUT2D eigenvalue weighted by Crippen LogP contribution is 2.33. The number of ether oxygens (including phenoxy) is 2. The Morgan fingerprint density at radius 3 is 2.96 bits per heavy atom. The zero-order valence-corrected chi connectivity index (χ0v) is 13.5. The highest BCUT2D eigenvalue weighted by molar-refractivity contribution is 6.30. The predicted octanol–water partition coefficient (Wildman–Crippen LogP) is 1.73. The van der Waals surface area contributed by atoms with Crippen LogP contribution in [0.1, 0.15) is 18.4 Å². The number of likely N-dealkylation sites (tertiary alicyclic amines) is 1. The maximum absolute atomic E-state index is 12.8. The Labute approximate surface area is 138 Å². The second-order valence-electron chi connectivity index (χ2n) is 5.90. The van der Waals surface area contributed by atoms with Gasteiger partial charge in [0.15, 0.2) is 6.10 Å². The molecule has 1 fully saturated rings. The first-order valence-electron chi connectivity index (χ1n) is 7.48. The summed E-state index contributed by atoms with van der Waals surface area (Å²) >= 11 is 5.96. The van der Waals surface area contributed by atoms with Crippen molar-refractivity contribution >= 4 is 23.5 Å². The lowest BCUT2D eigenvalue weighted by Crippen LogP contribution is -2.45. The number of carboxylic acid groups (broad SMARTS) is 1. The molecular weight excluding hydrogens is 322 g/mol. The van der Waals surface area contributed by atoms with E-state index in [2.05, 4.69) is 0 Å². The Hall–Kier alpha value is -1.79. The molecule has 0 aromatic heterocycles. The largest absolute Gasteiger partial charge is 0.481 e. The molecule has 1 aromatic rings. The molecule has 1 saturated heterocycles. The Morgan fingerprint density at radius 2 is 2.26 bits per heavy atom. The van der Waals surface area contributed by atoms with Gasteiger partial charge in [-0.15, -0.1) is 0 Å². The molecule has 23 heavy (non-hydrogen) atoms. The average Bonchev–Trinajstić information content (AvgIpc) is 3.09. The zero-order valence-electron chi connectivity index (χ0n) is 12.7. The molecule has 1 N–H and O–H groups in total. The summed E-state index contributed by atoms with van der Waals surface area (Å²) in [7, 11) is 1.57. The quantitative estimate of drug-likeness (QED) is 0.904. The smallest absolute Gasteiger partial charge is 0.305 e. The molecule has 7 heteroatoms. The molecule has 0 bridgehead atoms. The Balaban J connectivity index is 1.73. The van der Waals surface area contributed by atoms with Gasteiger partial charge in [-0.25, -0.2) is 0 Å². The van der Waals surface area contributed by atoms with Crippen molar-refractivity contribution < 1.29 is 24.2 Å². The van der Waals surface area contributed by atoms with Crippen LogP contribution in [-0.4, -0.2) is 53.8 Å². The third-order valence-corrected chi connectivity index (χ3v) is 4.61.